The first kappa shape index (κ1) is 17.9. The maximum absolute atomic E-state index is 10.7. The van der Waals surface area contributed by atoms with Crippen molar-refractivity contribution >= 4 is 41.5 Å². The summed E-state index contributed by atoms with van der Waals surface area (Å²) in [6, 6.07) is 0. The van der Waals surface area contributed by atoms with E-state index in [2.05, 4.69) is 20.3 Å². The van der Waals surface area contributed by atoms with E-state index in [1.807, 2.05) is 0 Å². The first-order valence-corrected chi connectivity index (χ1v) is 10.3. The number of nitrogens with one attached hydrogen (secondary N) is 1. The lowest BCUT2D eigenvalue weighted by molar-refractivity contribution is -0.0586. The van der Waals surface area contributed by atoms with Crippen molar-refractivity contribution in [3.05, 3.63) is 6.33 Å². The molecule has 4 rings (SSSR count). The Hall–Kier alpha value is -1.44. The third kappa shape index (κ3) is 2.96. The molecule has 2 saturated heterocycles. The van der Waals surface area contributed by atoms with Gasteiger partial charge >= 0.3 is 6.72 Å². The van der Waals surface area contributed by atoms with Crippen LogP contribution in [0.2, 0.25) is 0 Å². The number of aromatic nitrogens is 4. The molecule has 0 bridgehead atoms. The van der Waals surface area contributed by atoms with Crippen molar-refractivity contribution in [1.29, 1.82) is 0 Å². The van der Waals surface area contributed by atoms with E-state index in [0.717, 1.165) is 0 Å². The molecule has 2 aromatic rings. The molecule has 1 unspecified atom stereocenters. The number of rotatable bonds is 4. The number of anilines is 2. The van der Waals surface area contributed by atoms with Gasteiger partial charge < -0.3 is 35.4 Å². The minimum atomic E-state index is -3.41. The van der Waals surface area contributed by atoms with Crippen LogP contribution in [0, 0.1) is 0 Å². The van der Waals surface area contributed by atoms with Gasteiger partial charge in [-0.1, -0.05) is 0 Å². The number of aliphatic hydroxyl groups is 2. The highest BCUT2D eigenvalue weighted by Crippen LogP contribution is 2.53. The topological polar surface area (TPSA) is 170 Å². The summed E-state index contributed by atoms with van der Waals surface area (Å²) in [5, 5.41) is 22.7. The zero-order valence-electron chi connectivity index (χ0n) is 13.3. The van der Waals surface area contributed by atoms with Crippen LogP contribution in [0.5, 0.6) is 0 Å². The standard InChI is InChI=1S/C12H17N6O6PS/c13-9-6-10(16-4-15-9)18(12(17-6)14-1-2-19)11-7(20)8-5(23-11)3-22-25(21,26)24-8/h4-5,7-8,11,19-20H,1-3H2,(H,14,17)(H,21,26)(H2,13,15,16)/t5-,7-,8-,11-,25?/m1/s1. The molecular formula is C12H17N6O6PS. The van der Waals surface area contributed by atoms with Gasteiger partial charge in [0.15, 0.2) is 23.2 Å². The number of hydrogen-bond donors (Lipinski definition) is 5. The van der Waals surface area contributed by atoms with Gasteiger partial charge in [0.1, 0.15) is 24.6 Å². The number of nitrogens with zero attached hydrogens (tertiary/aromatic N) is 4. The second kappa shape index (κ2) is 6.62. The fourth-order valence-corrected chi connectivity index (χ4v) is 4.45. The Labute approximate surface area is 152 Å². The number of nitrogens with two attached hydrogens (primary N) is 1. The first-order valence-electron chi connectivity index (χ1n) is 7.73. The summed E-state index contributed by atoms with van der Waals surface area (Å²) in [6.45, 7) is -3.33. The molecular weight excluding hydrogens is 387 g/mol. The fourth-order valence-electron chi connectivity index (χ4n) is 3.01. The van der Waals surface area contributed by atoms with Gasteiger partial charge in [0.25, 0.3) is 0 Å². The van der Waals surface area contributed by atoms with Gasteiger partial charge in [-0.25, -0.2) is 15.0 Å². The van der Waals surface area contributed by atoms with E-state index in [-0.39, 0.29) is 31.5 Å². The predicted octanol–water partition coefficient (Wildman–Crippen LogP) is -1.30. The van der Waals surface area contributed by atoms with Crippen LogP contribution < -0.4 is 11.1 Å². The minimum absolute atomic E-state index is 0.00480. The van der Waals surface area contributed by atoms with Gasteiger partial charge in [-0.2, -0.15) is 0 Å². The number of aliphatic hydroxyl groups excluding tert-OH is 2. The van der Waals surface area contributed by atoms with Crippen LogP contribution in [0.25, 0.3) is 11.2 Å². The molecule has 5 atom stereocenters. The molecule has 2 fully saturated rings. The number of ether oxygens (including phenoxy) is 1. The highest BCUT2D eigenvalue weighted by molar-refractivity contribution is 8.07. The van der Waals surface area contributed by atoms with Crippen LogP contribution in [0.1, 0.15) is 6.23 Å². The van der Waals surface area contributed by atoms with Crippen LogP contribution in [0.15, 0.2) is 6.33 Å². The van der Waals surface area contributed by atoms with E-state index in [9.17, 15) is 10.00 Å². The maximum atomic E-state index is 10.7. The Morgan fingerprint density at radius 2 is 2.27 bits per heavy atom. The summed E-state index contributed by atoms with van der Waals surface area (Å²) >= 11 is 4.85. The molecule has 0 saturated carbocycles. The molecule has 142 valence electrons. The molecule has 14 heteroatoms. The largest absolute Gasteiger partial charge is 0.395 e. The van der Waals surface area contributed by atoms with E-state index in [0.29, 0.717) is 11.2 Å². The number of fused-ring (bicyclic) bond motifs is 2. The van der Waals surface area contributed by atoms with Crippen molar-refractivity contribution in [2.75, 3.05) is 30.8 Å². The Kier molecular flexibility index (Phi) is 4.57. The lowest BCUT2D eigenvalue weighted by Crippen LogP contribution is -2.39. The van der Waals surface area contributed by atoms with E-state index in [4.69, 9.17) is 36.4 Å². The second-order valence-corrected chi connectivity index (χ2v) is 8.57. The predicted molar refractivity (Wildman–Crippen MR) is 92.6 cm³/mol. The Balaban J connectivity index is 1.76. The molecule has 2 aromatic heterocycles. The van der Waals surface area contributed by atoms with Gasteiger partial charge in [0, 0.05) is 6.54 Å². The molecule has 0 amide bonds. The van der Waals surface area contributed by atoms with Crippen molar-refractivity contribution in [3.8, 4) is 0 Å². The van der Waals surface area contributed by atoms with E-state index >= 15 is 0 Å². The highest BCUT2D eigenvalue weighted by Gasteiger charge is 2.51. The molecule has 0 aromatic carbocycles. The summed E-state index contributed by atoms with van der Waals surface area (Å²) in [5.41, 5.74) is 6.52. The fraction of sp³-hybridized carbons (Fsp3) is 0.583. The molecule has 12 nitrogen and oxygen atoms in total. The molecule has 0 radical (unpaired) electrons. The van der Waals surface area contributed by atoms with Crippen molar-refractivity contribution in [3.63, 3.8) is 0 Å². The van der Waals surface area contributed by atoms with Crippen molar-refractivity contribution < 1.29 is 28.9 Å². The lowest BCUT2D eigenvalue weighted by Gasteiger charge is -2.30. The Bertz CT molecular complexity index is 881. The van der Waals surface area contributed by atoms with Crippen LogP contribution in [0.3, 0.4) is 0 Å². The van der Waals surface area contributed by atoms with Crippen LogP contribution in [-0.2, 0) is 25.6 Å². The van der Waals surface area contributed by atoms with Crippen molar-refractivity contribution in [1.82, 2.24) is 19.5 Å². The van der Waals surface area contributed by atoms with Gasteiger partial charge in [-0.3, -0.25) is 9.09 Å². The van der Waals surface area contributed by atoms with Crippen LogP contribution >= 0.6 is 6.72 Å². The monoisotopic (exact) mass is 404 g/mol. The summed E-state index contributed by atoms with van der Waals surface area (Å²) in [6.07, 6.45) is -2.32. The third-order valence-corrected chi connectivity index (χ3v) is 5.68. The van der Waals surface area contributed by atoms with Gasteiger partial charge in [0.05, 0.1) is 13.2 Å². The van der Waals surface area contributed by atoms with E-state index in [1.54, 1.807) is 0 Å². The maximum Gasteiger partial charge on any atom is 0.325 e. The molecule has 4 heterocycles. The molecule has 0 aliphatic carbocycles. The number of imidazole rings is 1. The zero-order chi connectivity index (χ0) is 18.5. The summed E-state index contributed by atoms with van der Waals surface area (Å²) in [7, 11) is 0. The quantitative estimate of drug-likeness (QED) is 0.382. The summed E-state index contributed by atoms with van der Waals surface area (Å²) < 4.78 is 17.8. The summed E-state index contributed by atoms with van der Waals surface area (Å²) in [4.78, 5) is 22.3. The Morgan fingerprint density at radius 1 is 1.46 bits per heavy atom. The average molecular weight is 404 g/mol. The van der Waals surface area contributed by atoms with Gasteiger partial charge in [-0.05, 0) is 11.8 Å². The van der Waals surface area contributed by atoms with E-state index in [1.165, 1.54) is 10.9 Å². The van der Waals surface area contributed by atoms with Crippen molar-refractivity contribution in [2.24, 2.45) is 0 Å². The van der Waals surface area contributed by atoms with Gasteiger partial charge in [-0.15, -0.1) is 0 Å². The second-order valence-electron chi connectivity index (χ2n) is 5.78. The van der Waals surface area contributed by atoms with Crippen LogP contribution in [-0.4, -0.2) is 72.7 Å². The zero-order valence-corrected chi connectivity index (χ0v) is 15.0. The SMILES string of the molecule is Nc1ncnc2c1nc(NCCO)n2[C@@H]1O[C@@H]2COP(O)(=S)O[C@H]2[C@H]1O. The molecule has 26 heavy (non-hydrogen) atoms. The van der Waals surface area contributed by atoms with Crippen molar-refractivity contribution in [2.45, 2.75) is 24.5 Å². The lowest BCUT2D eigenvalue weighted by atomic mass is 10.1. The smallest absolute Gasteiger partial charge is 0.325 e. The molecule has 0 spiro atoms. The normalized spacial score (nSPS) is 34.1. The minimum Gasteiger partial charge on any atom is -0.395 e. The summed E-state index contributed by atoms with van der Waals surface area (Å²) in [5.74, 6) is 0.449. The van der Waals surface area contributed by atoms with E-state index < -0.39 is 31.3 Å². The first-order chi connectivity index (χ1) is 12.4. The number of nitrogen functional groups attached to an aromatic ring is 1. The number of hydrogen-bond acceptors (Lipinski definition) is 11. The third-order valence-electron chi connectivity index (χ3n) is 4.12. The molecule has 2 aliphatic heterocycles. The van der Waals surface area contributed by atoms with Crippen LogP contribution in [0.4, 0.5) is 11.8 Å². The highest BCUT2D eigenvalue weighted by atomic mass is 32.5. The average Bonchev–Trinajstić information content (AvgIpc) is 3.11. The molecule has 6 N–H and O–H groups in total. The molecule has 2 aliphatic rings. The Morgan fingerprint density at radius 3 is 3.04 bits per heavy atom. The van der Waals surface area contributed by atoms with Gasteiger partial charge in [0.2, 0.25) is 5.95 Å².